The van der Waals surface area contributed by atoms with Crippen LogP contribution in [0, 0.1) is 5.92 Å². The van der Waals surface area contributed by atoms with E-state index in [1.165, 1.54) is 12.8 Å². The summed E-state index contributed by atoms with van der Waals surface area (Å²) in [6.07, 6.45) is 4.56. The van der Waals surface area contributed by atoms with Crippen molar-refractivity contribution in [1.29, 1.82) is 0 Å². The van der Waals surface area contributed by atoms with Gasteiger partial charge in [0.2, 0.25) is 5.75 Å². The molecule has 0 saturated carbocycles. The Kier molecular flexibility index (Phi) is 8.83. The van der Waals surface area contributed by atoms with E-state index in [4.69, 9.17) is 14.2 Å². The Bertz CT molecular complexity index is 495. The number of methoxy groups -OCH3 is 3. The number of amides is 2. The van der Waals surface area contributed by atoms with Crippen LogP contribution >= 0.6 is 0 Å². The molecule has 2 N–H and O–H groups in total. The number of benzene rings is 1. The van der Waals surface area contributed by atoms with Gasteiger partial charge in [0, 0.05) is 18.7 Å². The molecule has 0 aliphatic rings. The van der Waals surface area contributed by atoms with E-state index in [9.17, 15) is 4.79 Å². The van der Waals surface area contributed by atoms with Crippen LogP contribution < -0.4 is 24.8 Å². The zero-order valence-corrected chi connectivity index (χ0v) is 15.4. The average molecular weight is 338 g/mol. The molecule has 1 unspecified atom stereocenters. The molecule has 6 nitrogen and oxygen atoms in total. The molecule has 0 heterocycles. The zero-order valence-electron chi connectivity index (χ0n) is 15.4. The number of hydrogen-bond donors (Lipinski definition) is 2. The SMILES string of the molecule is CCCCC(CC)CNC(=O)Nc1cc(OC)c(OC)c(OC)c1. The summed E-state index contributed by atoms with van der Waals surface area (Å²) in [5, 5.41) is 5.74. The van der Waals surface area contributed by atoms with Crippen molar-refractivity contribution in [2.45, 2.75) is 39.5 Å². The summed E-state index contributed by atoms with van der Waals surface area (Å²) in [6.45, 7) is 5.00. The van der Waals surface area contributed by atoms with Crippen molar-refractivity contribution in [3.8, 4) is 17.2 Å². The van der Waals surface area contributed by atoms with Gasteiger partial charge in [0.25, 0.3) is 0 Å². The van der Waals surface area contributed by atoms with Crippen molar-refractivity contribution in [3.05, 3.63) is 12.1 Å². The van der Waals surface area contributed by atoms with Crippen LogP contribution in [0.2, 0.25) is 0 Å². The Morgan fingerprint density at radius 1 is 1.08 bits per heavy atom. The fraction of sp³-hybridized carbons (Fsp3) is 0.611. The third-order valence-corrected chi connectivity index (χ3v) is 4.02. The van der Waals surface area contributed by atoms with Crippen molar-refractivity contribution >= 4 is 11.7 Å². The second-order valence-electron chi connectivity index (χ2n) is 5.67. The van der Waals surface area contributed by atoms with E-state index in [0.29, 0.717) is 35.4 Å². The minimum absolute atomic E-state index is 0.237. The molecule has 0 fully saturated rings. The van der Waals surface area contributed by atoms with Crippen molar-refractivity contribution in [2.75, 3.05) is 33.2 Å². The summed E-state index contributed by atoms with van der Waals surface area (Å²) >= 11 is 0. The molecular formula is C18H30N2O4. The number of carbonyl (C=O) groups excluding carboxylic acids is 1. The fourth-order valence-corrected chi connectivity index (χ4v) is 2.51. The predicted octanol–water partition coefficient (Wildman–Crippen LogP) is 4.05. The quantitative estimate of drug-likeness (QED) is 0.675. The molecule has 1 aromatic rings. The molecule has 0 aliphatic heterocycles. The molecule has 0 bridgehead atoms. The molecule has 24 heavy (non-hydrogen) atoms. The van der Waals surface area contributed by atoms with Gasteiger partial charge in [-0.2, -0.15) is 0 Å². The van der Waals surface area contributed by atoms with Gasteiger partial charge in [-0.25, -0.2) is 4.79 Å². The van der Waals surface area contributed by atoms with E-state index < -0.39 is 0 Å². The Hall–Kier alpha value is -2.11. The summed E-state index contributed by atoms with van der Waals surface area (Å²) in [5.74, 6) is 2.01. The van der Waals surface area contributed by atoms with Crippen LogP contribution in [0.1, 0.15) is 39.5 Å². The summed E-state index contributed by atoms with van der Waals surface area (Å²) < 4.78 is 15.8. The van der Waals surface area contributed by atoms with Crippen LogP contribution in [0.25, 0.3) is 0 Å². The van der Waals surface area contributed by atoms with E-state index in [1.807, 2.05) is 0 Å². The maximum atomic E-state index is 12.1. The molecule has 0 spiro atoms. The standard InChI is InChI=1S/C18H30N2O4/c1-6-8-9-13(7-2)12-19-18(21)20-14-10-15(22-3)17(24-5)16(11-14)23-4/h10-11,13H,6-9,12H2,1-5H3,(H2,19,20,21). The van der Waals surface area contributed by atoms with Gasteiger partial charge < -0.3 is 24.8 Å². The van der Waals surface area contributed by atoms with Gasteiger partial charge in [-0.1, -0.05) is 33.1 Å². The van der Waals surface area contributed by atoms with Gasteiger partial charge in [-0.05, 0) is 12.3 Å². The van der Waals surface area contributed by atoms with Crippen molar-refractivity contribution in [3.63, 3.8) is 0 Å². The molecule has 6 heteroatoms. The first-order chi connectivity index (χ1) is 11.6. The monoisotopic (exact) mass is 338 g/mol. The molecular weight excluding hydrogens is 308 g/mol. The van der Waals surface area contributed by atoms with E-state index >= 15 is 0 Å². The predicted molar refractivity (Wildman–Crippen MR) is 96.4 cm³/mol. The minimum atomic E-state index is -0.237. The smallest absolute Gasteiger partial charge is 0.319 e. The zero-order chi connectivity index (χ0) is 17.9. The van der Waals surface area contributed by atoms with Crippen molar-refractivity contribution in [2.24, 2.45) is 5.92 Å². The Labute approximate surface area is 144 Å². The number of hydrogen-bond acceptors (Lipinski definition) is 4. The molecule has 0 saturated heterocycles. The molecule has 1 atom stereocenters. The van der Waals surface area contributed by atoms with Gasteiger partial charge in [0.15, 0.2) is 11.5 Å². The first-order valence-electron chi connectivity index (χ1n) is 8.44. The number of urea groups is 1. The second kappa shape index (κ2) is 10.6. The van der Waals surface area contributed by atoms with E-state index in [2.05, 4.69) is 24.5 Å². The normalized spacial score (nSPS) is 11.5. The lowest BCUT2D eigenvalue weighted by Crippen LogP contribution is -2.33. The highest BCUT2D eigenvalue weighted by Gasteiger charge is 2.15. The van der Waals surface area contributed by atoms with Gasteiger partial charge in [0.1, 0.15) is 0 Å². The third kappa shape index (κ3) is 5.83. The first-order valence-corrected chi connectivity index (χ1v) is 8.44. The van der Waals surface area contributed by atoms with Crippen LogP contribution in [0.4, 0.5) is 10.5 Å². The molecule has 0 aliphatic carbocycles. The number of anilines is 1. The average Bonchev–Trinajstić information content (AvgIpc) is 2.60. The topological polar surface area (TPSA) is 68.8 Å². The highest BCUT2D eigenvalue weighted by atomic mass is 16.5. The summed E-state index contributed by atoms with van der Waals surface area (Å²) in [4.78, 5) is 12.1. The molecule has 1 rings (SSSR count). The van der Waals surface area contributed by atoms with Crippen LogP contribution in [0.3, 0.4) is 0 Å². The molecule has 136 valence electrons. The Balaban J connectivity index is 2.69. The van der Waals surface area contributed by atoms with Crippen LogP contribution in [0.15, 0.2) is 12.1 Å². The largest absolute Gasteiger partial charge is 0.493 e. The number of rotatable bonds is 10. The van der Waals surface area contributed by atoms with Crippen LogP contribution in [-0.2, 0) is 0 Å². The molecule has 0 aromatic heterocycles. The van der Waals surface area contributed by atoms with Crippen LogP contribution in [0.5, 0.6) is 17.2 Å². The number of ether oxygens (including phenoxy) is 3. The Morgan fingerprint density at radius 2 is 1.71 bits per heavy atom. The lowest BCUT2D eigenvalue weighted by molar-refractivity contribution is 0.249. The summed E-state index contributed by atoms with van der Waals surface area (Å²) in [7, 11) is 4.63. The van der Waals surface area contributed by atoms with E-state index in [0.717, 1.165) is 12.8 Å². The first kappa shape index (κ1) is 19.9. The van der Waals surface area contributed by atoms with Crippen molar-refractivity contribution < 1.29 is 19.0 Å². The minimum Gasteiger partial charge on any atom is -0.493 e. The fourth-order valence-electron chi connectivity index (χ4n) is 2.51. The highest BCUT2D eigenvalue weighted by Crippen LogP contribution is 2.39. The molecule has 1 aromatic carbocycles. The van der Waals surface area contributed by atoms with Gasteiger partial charge in [0.05, 0.1) is 27.0 Å². The number of carbonyl (C=O) groups is 1. The Morgan fingerprint density at radius 3 is 2.17 bits per heavy atom. The third-order valence-electron chi connectivity index (χ3n) is 4.02. The molecule has 0 radical (unpaired) electrons. The van der Waals surface area contributed by atoms with Crippen LogP contribution in [-0.4, -0.2) is 33.9 Å². The van der Waals surface area contributed by atoms with Gasteiger partial charge in [-0.15, -0.1) is 0 Å². The van der Waals surface area contributed by atoms with E-state index in [1.54, 1.807) is 33.5 Å². The number of nitrogens with one attached hydrogen (secondary N) is 2. The molecule has 2 amide bonds. The van der Waals surface area contributed by atoms with Gasteiger partial charge in [-0.3, -0.25) is 0 Å². The number of unbranched alkanes of at least 4 members (excludes halogenated alkanes) is 1. The second-order valence-corrected chi connectivity index (χ2v) is 5.67. The lowest BCUT2D eigenvalue weighted by atomic mass is 9.99. The van der Waals surface area contributed by atoms with E-state index in [-0.39, 0.29) is 6.03 Å². The lowest BCUT2D eigenvalue weighted by Gasteiger charge is -2.17. The summed E-state index contributed by atoms with van der Waals surface area (Å²) in [5.41, 5.74) is 0.587. The maximum absolute atomic E-state index is 12.1. The van der Waals surface area contributed by atoms with Gasteiger partial charge >= 0.3 is 6.03 Å². The highest BCUT2D eigenvalue weighted by molar-refractivity contribution is 5.90. The maximum Gasteiger partial charge on any atom is 0.319 e. The van der Waals surface area contributed by atoms with Crippen molar-refractivity contribution in [1.82, 2.24) is 5.32 Å². The summed E-state index contributed by atoms with van der Waals surface area (Å²) in [6, 6.07) is 3.17.